The summed E-state index contributed by atoms with van der Waals surface area (Å²) in [6, 6.07) is 12.9. The highest BCUT2D eigenvalue weighted by Crippen LogP contribution is 2.27. The van der Waals surface area contributed by atoms with Gasteiger partial charge < -0.3 is 4.74 Å². The first-order chi connectivity index (χ1) is 11.9. The minimum atomic E-state index is -2.90. The number of carbonyl (C=O) groups excluding carboxylic acids is 1. The molecule has 3 rings (SSSR count). The van der Waals surface area contributed by atoms with Crippen LogP contribution in [0.15, 0.2) is 59.2 Å². The summed E-state index contributed by atoms with van der Waals surface area (Å²) in [5.74, 6) is -0.295. The van der Waals surface area contributed by atoms with Crippen molar-refractivity contribution in [1.29, 1.82) is 0 Å². The molecule has 1 amide bonds. The van der Waals surface area contributed by atoms with Crippen molar-refractivity contribution in [2.24, 2.45) is 5.10 Å². The van der Waals surface area contributed by atoms with Crippen LogP contribution in [0.5, 0.6) is 5.75 Å². The van der Waals surface area contributed by atoms with E-state index < -0.39 is 6.61 Å². The topological polar surface area (TPSA) is 41.9 Å². The van der Waals surface area contributed by atoms with E-state index in [2.05, 4.69) is 9.84 Å². The molecule has 0 N–H and O–H groups in total. The molecule has 4 nitrogen and oxygen atoms in total. The third kappa shape index (κ3) is 3.85. The normalized spacial score (nSPS) is 15.9. The number of halogens is 3. The minimum absolute atomic E-state index is 0.0242. The van der Waals surface area contributed by atoms with Crippen LogP contribution in [0, 0.1) is 0 Å². The average molecular weight is 363 g/mol. The summed E-state index contributed by atoms with van der Waals surface area (Å²) in [6.07, 6.45) is 1.59. The van der Waals surface area contributed by atoms with Crippen LogP contribution < -0.4 is 9.75 Å². The number of anilines is 1. The molecule has 128 valence electrons. The summed E-state index contributed by atoms with van der Waals surface area (Å²) >= 11 is 5.96. The molecule has 1 aliphatic heterocycles. The highest BCUT2D eigenvalue weighted by atomic mass is 35.5. The Morgan fingerprint density at radius 1 is 1.20 bits per heavy atom. The third-order valence-corrected chi connectivity index (χ3v) is 3.74. The minimum Gasteiger partial charge on any atom is -0.435 e. The van der Waals surface area contributed by atoms with Gasteiger partial charge in [-0.15, -0.1) is 0 Å². The molecule has 0 bridgehead atoms. The summed E-state index contributed by atoms with van der Waals surface area (Å²) in [5.41, 5.74) is 2.00. The van der Waals surface area contributed by atoms with Crippen LogP contribution in [0.25, 0.3) is 6.08 Å². The molecule has 0 saturated heterocycles. The second-order valence-electron chi connectivity index (χ2n) is 5.29. The Morgan fingerprint density at radius 3 is 2.68 bits per heavy atom. The molecular formula is C18H13ClF2N2O2. The summed E-state index contributed by atoms with van der Waals surface area (Å²) in [7, 11) is 0. The fraction of sp³-hybridized carbons (Fsp3) is 0.111. The number of hydrogen-bond donors (Lipinski definition) is 0. The highest BCUT2D eigenvalue weighted by molar-refractivity contribution is 6.33. The van der Waals surface area contributed by atoms with Crippen molar-refractivity contribution < 1.29 is 18.3 Å². The smallest absolute Gasteiger partial charge is 0.387 e. The fourth-order valence-electron chi connectivity index (χ4n) is 2.41. The zero-order valence-corrected chi connectivity index (χ0v) is 13.9. The maximum absolute atomic E-state index is 12.6. The number of ether oxygens (including phenoxy) is 1. The van der Waals surface area contributed by atoms with Gasteiger partial charge in [-0.05, 0) is 48.9 Å². The van der Waals surface area contributed by atoms with E-state index in [0.29, 0.717) is 27.6 Å². The van der Waals surface area contributed by atoms with E-state index in [0.717, 1.165) is 0 Å². The van der Waals surface area contributed by atoms with Crippen LogP contribution in [0.1, 0.15) is 12.5 Å². The molecule has 0 fully saturated rings. The van der Waals surface area contributed by atoms with Crippen molar-refractivity contribution in [2.45, 2.75) is 13.5 Å². The molecule has 1 aliphatic rings. The Morgan fingerprint density at radius 2 is 1.96 bits per heavy atom. The average Bonchev–Trinajstić information content (AvgIpc) is 2.83. The Labute approximate surface area is 148 Å². The number of rotatable bonds is 4. The Bertz CT molecular complexity index is 881. The van der Waals surface area contributed by atoms with E-state index in [1.54, 1.807) is 49.4 Å². The summed E-state index contributed by atoms with van der Waals surface area (Å²) in [5, 5.41) is 6.00. The lowest BCUT2D eigenvalue weighted by atomic mass is 10.1. The van der Waals surface area contributed by atoms with E-state index in [1.807, 2.05) is 0 Å². The van der Waals surface area contributed by atoms with Gasteiger partial charge in [-0.3, -0.25) is 4.79 Å². The Balaban J connectivity index is 1.90. The van der Waals surface area contributed by atoms with E-state index in [1.165, 1.54) is 17.1 Å². The second-order valence-corrected chi connectivity index (χ2v) is 5.73. The Hall–Kier alpha value is -2.73. The quantitative estimate of drug-likeness (QED) is 0.737. The number of hydrazone groups is 1. The van der Waals surface area contributed by atoms with E-state index in [9.17, 15) is 13.6 Å². The van der Waals surface area contributed by atoms with E-state index in [4.69, 9.17) is 11.6 Å². The molecule has 7 heteroatoms. The molecule has 0 aliphatic carbocycles. The molecule has 2 aromatic carbocycles. The van der Waals surface area contributed by atoms with Gasteiger partial charge in [0.2, 0.25) is 0 Å². The van der Waals surface area contributed by atoms with Crippen LogP contribution in [-0.4, -0.2) is 18.2 Å². The number of nitrogens with zero attached hydrogens (tertiary/aromatic N) is 2. The van der Waals surface area contributed by atoms with E-state index in [-0.39, 0.29) is 11.7 Å². The summed E-state index contributed by atoms with van der Waals surface area (Å²) in [4.78, 5) is 12.6. The Kier molecular flexibility index (Phi) is 4.81. The molecule has 0 saturated carbocycles. The fourth-order valence-corrected chi connectivity index (χ4v) is 2.60. The van der Waals surface area contributed by atoms with Gasteiger partial charge in [-0.25, -0.2) is 0 Å². The van der Waals surface area contributed by atoms with Gasteiger partial charge >= 0.3 is 6.61 Å². The molecule has 0 radical (unpaired) electrons. The lowest BCUT2D eigenvalue weighted by molar-refractivity contribution is -0.114. The first kappa shape index (κ1) is 17.1. The lowest BCUT2D eigenvalue weighted by Crippen LogP contribution is -2.21. The molecule has 0 unspecified atom stereocenters. The van der Waals surface area contributed by atoms with Gasteiger partial charge in [0.25, 0.3) is 5.91 Å². The largest absolute Gasteiger partial charge is 0.435 e. The lowest BCUT2D eigenvalue weighted by Gasteiger charge is -2.11. The van der Waals surface area contributed by atoms with Gasteiger partial charge in [0.05, 0.1) is 17.0 Å². The van der Waals surface area contributed by atoms with Gasteiger partial charge in [0.15, 0.2) is 0 Å². The van der Waals surface area contributed by atoms with Crippen LogP contribution >= 0.6 is 11.6 Å². The number of hydrogen-bond acceptors (Lipinski definition) is 3. The zero-order valence-electron chi connectivity index (χ0n) is 13.1. The molecule has 0 atom stereocenters. The van der Waals surface area contributed by atoms with Crippen LogP contribution in [-0.2, 0) is 4.79 Å². The summed E-state index contributed by atoms with van der Waals surface area (Å²) in [6.45, 7) is -1.20. The van der Waals surface area contributed by atoms with Crippen molar-refractivity contribution in [1.82, 2.24) is 0 Å². The monoisotopic (exact) mass is 362 g/mol. The molecular weight excluding hydrogens is 350 g/mol. The van der Waals surface area contributed by atoms with Crippen molar-refractivity contribution >= 4 is 35.0 Å². The van der Waals surface area contributed by atoms with Crippen LogP contribution in [0.2, 0.25) is 5.02 Å². The third-order valence-electron chi connectivity index (χ3n) is 3.51. The predicted octanol–water partition coefficient (Wildman–Crippen LogP) is 4.75. The number of benzene rings is 2. The van der Waals surface area contributed by atoms with Crippen LogP contribution in [0.4, 0.5) is 14.5 Å². The number of alkyl halides is 2. The number of carbonyl (C=O) groups is 1. The standard InChI is InChI=1S/C18H13ClF2N2O2/c1-11-16(9-12-4-2-7-15(8-12)25-18(20)21)17(24)23(22-11)14-6-3-5-13(19)10-14/h2-10,18H,1H3. The van der Waals surface area contributed by atoms with Crippen molar-refractivity contribution in [3.05, 3.63) is 64.7 Å². The number of amides is 1. The molecule has 2 aromatic rings. The van der Waals surface area contributed by atoms with Crippen molar-refractivity contribution in [3.8, 4) is 5.75 Å². The van der Waals surface area contributed by atoms with Gasteiger partial charge in [-0.2, -0.15) is 18.9 Å². The molecule has 25 heavy (non-hydrogen) atoms. The van der Waals surface area contributed by atoms with Crippen molar-refractivity contribution in [3.63, 3.8) is 0 Å². The summed E-state index contributed by atoms with van der Waals surface area (Å²) < 4.78 is 29.0. The molecule has 0 aromatic heterocycles. The van der Waals surface area contributed by atoms with Crippen molar-refractivity contribution in [2.75, 3.05) is 5.01 Å². The second kappa shape index (κ2) is 7.03. The SMILES string of the molecule is CC1=NN(c2cccc(Cl)c2)C(=O)C1=Cc1cccc(OC(F)F)c1. The van der Waals surface area contributed by atoms with Gasteiger partial charge in [-0.1, -0.05) is 29.8 Å². The van der Waals surface area contributed by atoms with E-state index >= 15 is 0 Å². The van der Waals surface area contributed by atoms with Gasteiger partial charge in [0.1, 0.15) is 5.75 Å². The van der Waals surface area contributed by atoms with Crippen LogP contribution in [0.3, 0.4) is 0 Å². The maximum Gasteiger partial charge on any atom is 0.387 e. The highest BCUT2D eigenvalue weighted by Gasteiger charge is 2.28. The first-order valence-electron chi connectivity index (χ1n) is 7.36. The first-order valence-corrected chi connectivity index (χ1v) is 7.74. The zero-order chi connectivity index (χ0) is 18.0. The maximum atomic E-state index is 12.6. The molecule has 0 spiro atoms. The molecule has 1 heterocycles. The predicted molar refractivity (Wildman–Crippen MR) is 93.1 cm³/mol. The van der Waals surface area contributed by atoms with Gasteiger partial charge in [0, 0.05) is 5.02 Å².